The third-order valence-corrected chi connectivity index (χ3v) is 2.73. The lowest BCUT2D eigenvalue weighted by molar-refractivity contribution is 0.414. The molecule has 0 aliphatic heterocycles. The van der Waals surface area contributed by atoms with Gasteiger partial charge in [-0.3, -0.25) is 0 Å². The van der Waals surface area contributed by atoms with E-state index in [-0.39, 0.29) is 16.5 Å². The number of halogens is 3. The number of hydrogen-bond donors (Lipinski definition) is 1. The van der Waals surface area contributed by atoms with Gasteiger partial charge in [0.25, 0.3) is 0 Å². The SMILES string of the molecule is COc1cc(-c2cc(F)cc(Cl)c2)cc(F)c1N. The minimum Gasteiger partial charge on any atom is -0.494 e. The van der Waals surface area contributed by atoms with E-state index in [0.29, 0.717) is 11.1 Å². The van der Waals surface area contributed by atoms with Crippen molar-refractivity contribution in [2.75, 3.05) is 12.8 Å². The van der Waals surface area contributed by atoms with Gasteiger partial charge in [-0.1, -0.05) is 11.6 Å². The highest BCUT2D eigenvalue weighted by Crippen LogP contribution is 2.32. The van der Waals surface area contributed by atoms with Crippen LogP contribution in [0.25, 0.3) is 11.1 Å². The largest absolute Gasteiger partial charge is 0.494 e. The normalized spacial score (nSPS) is 10.4. The Kier molecular flexibility index (Phi) is 3.39. The number of nitrogens with two attached hydrogens (primary N) is 1. The topological polar surface area (TPSA) is 35.2 Å². The van der Waals surface area contributed by atoms with Crippen LogP contribution in [-0.2, 0) is 0 Å². The fraction of sp³-hybridized carbons (Fsp3) is 0.0769. The van der Waals surface area contributed by atoms with Gasteiger partial charge in [-0.05, 0) is 41.5 Å². The molecule has 0 aliphatic rings. The maximum Gasteiger partial charge on any atom is 0.150 e. The van der Waals surface area contributed by atoms with Gasteiger partial charge >= 0.3 is 0 Å². The summed E-state index contributed by atoms with van der Waals surface area (Å²) in [6.07, 6.45) is 0. The van der Waals surface area contributed by atoms with Crippen LogP contribution < -0.4 is 10.5 Å². The van der Waals surface area contributed by atoms with Crippen LogP contribution in [0.5, 0.6) is 5.75 Å². The number of hydrogen-bond acceptors (Lipinski definition) is 2. The van der Waals surface area contributed by atoms with Gasteiger partial charge in [0, 0.05) is 5.02 Å². The number of ether oxygens (including phenoxy) is 1. The molecule has 0 fully saturated rings. The highest BCUT2D eigenvalue weighted by molar-refractivity contribution is 6.30. The minimum absolute atomic E-state index is 0.0799. The zero-order valence-electron chi connectivity index (χ0n) is 9.51. The van der Waals surface area contributed by atoms with Crippen LogP contribution in [0.4, 0.5) is 14.5 Å². The van der Waals surface area contributed by atoms with Crippen molar-refractivity contribution >= 4 is 17.3 Å². The Morgan fingerprint density at radius 1 is 1.06 bits per heavy atom. The van der Waals surface area contributed by atoms with E-state index in [0.717, 1.165) is 0 Å². The molecule has 5 heteroatoms. The molecule has 0 atom stereocenters. The highest BCUT2D eigenvalue weighted by Gasteiger charge is 2.11. The third kappa shape index (κ3) is 2.38. The predicted molar refractivity (Wildman–Crippen MR) is 67.8 cm³/mol. The van der Waals surface area contributed by atoms with E-state index < -0.39 is 11.6 Å². The smallest absolute Gasteiger partial charge is 0.150 e. The average Bonchev–Trinajstić information content (AvgIpc) is 2.31. The fourth-order valence-corrected chi connectivity index (χ4v) is 1.87. The van der Waals surface area contributed by atoms with Crippen LogP contribution in [0.2, 0.25) is 5.02 Å². The molecule has 0 aromatic heterocycles. The first-order valence-corrected chi connectivity index (χ1v) is 5.48. The van der Waals surface area contributed by atoms with Crippen molar-refractivity contribution in [3.63, 3.8) is 0 Å². The fourth-order valence-electron chi connectivity index (χ4n) is 1.65. The van der Waals surface area contributed by atoms with E-state index >= 15 is 0 Å². The summed E-state index contributed by atoms with van der Waals surface area (Å²) < 4.78 is 31.8. The van der Waals surface area contributed by atoms with Crippen LogP contribution in [0, 0.1) is 11.6 Å². The molecule has 0 unspecified atom stereocenters. The summed E-state index contributed by atoms with van der Waals surface area (Å²) in [5.41, 5.74) is 6.32. The first kappa shape index (κ1) is 12.6. The molecule has 2 rings (SSSR count). The molecule has 2 aromatic rings. The molecular formula is C13H10ClF2NO. The molecule has 2 aromatic carbocycles. The van der Waals surface area contributed by atoms with Crippen LogP contribution >= 0.6 is 11.6 Å². The number of nitrogen functional groups attached to an aromatic ring is 1. The molecule has 18 heavy (non-hydrogen) atoms. The second kappa shape index (κ2) is 4.82. The Bertz CT molecular complexity index is 582. The van der Waals surface area contributed by atoms with Gasteiger partial charge in [0.2, 0.25) is 0 Å². The van der Waals surface area contributed by atoms with Crippen LogP contribution in [0.15, 0.2) is 30.3 Å². The Labute approximate surface area is 108 Å². The first-order chi connectivity index (χ1) is 8.51. The van der Waals surface area contributed by atoms with E-state index in [2.05, 4.69) is 0 Å². The lowest BCUT2D eigenvalue weighted by atomic mass is 10.0. The van der Waals surface area contributed by atoms with Crippen molar-refractivity contribution in [3.8, 4) is 16.9 Å². The van der Waals surface area contributed by atoms with Crippen LogP contribution in [0.1, 0.15) is 0 Å². The van der Waals surface area contributed by atoms with Gasteiger partial charge in [0.15, 0.2) is 5.82 Å². The summed E-state index contributed by atoms with van der Waals surface area (Å²) in [5, 5.41) is 0.237. The monoisotopic (exact) mass is 269 g/mol. The highest BCUT2D eigenvalue weighted by atomic mass is 35.5. The number of benzene rings is 2. The molecular weight excluding hydrogens is 260 g/mol. The Balaban J connectivity index is 2.60. The summed E-state index contributed by atoms with van der Waals surface area (Å²) in [5.74, 6) is -0.913. The van der Waals surface area contributed by atoms with Gasteiger partial charge in [0.1, 0.15) is 17.3 Å². The molecule has 0 heterocycles. The second-order valence-corrected chi connectivity index (χ2v) is 4.17. The second-order valence-electron chi connectivity index (χ2n) is 3.73. The van der Waals surface area contributed by atoms with Gasteiger partial charge in [-0.15, -0.1) is 0 Å². The van der Waals surface area contributed by atoms with E-state index in [9.17, 15) is 8.78 Å². The third-order valence-electron chi connectivity index (χ3n) is 2.51. The predicted octanol–water partition coefficient (Wildman–Crippen LogP) is 3.88. The zero-order chi connectivity index (χ0) is 13.3. The van der Waals surface area contributed by atoms with Crippen molar-refractivity contribution in [3.05, 3.63) is 47.0 Å². The van der Waals surface area contributed by atoms with Crippen molar-refractivity contribution < 1.29 is 13.5 Å². The summed E-state index contributed by atoms with van der Waals surface area (Å²) in [6, 6.07) is 6.72. The van der Waals surface area contributed by atoms with Gasteiger partial charge in [-0.2, -0.15) is 0 Å². The van der Waals surface area contributed by atoms with E-state index in [1.165, 1.54) is 37.4 Å². The molecule has 0 spiro atoms. The summed E-state index contributed by atoms with van der Waals surface area (Å²) in [7, 11) is 1.38. The van der Waals surface area contributed by atoms with E-state index in [1.807, 2.05) is 0 Å². The minimum atomic E-state index is -0.621. The standard InChI is InChI=1S/C13H10ClF2NO/c1-18-12-5-8(4-11(16)13(12)17)7-2-9(14)6-10(15)3-7/h2-6H,17H2,1H3. The molecule has 0 bridgehead atoms. The maximum absolute atomic E-state index is 13.6. The number of methoxy groups -OCH3 is 1. The Hall–Kier alpha value is -1.81. The molecule has 2 N–H and O–H groups in total. The molecule has 0 amide bonds. The van der Waals surface area contributed by atoms with E-state index in [4.69, 9.17) is 22.1 Å². The number of rotatable bonds is 2. The average molecular weight is 270 g/mol. The Morgan fingerprint density at radius 3 is 2.33 bits per heavy atom. The summed E-state index contributed by atoms with van der Waals surface area (Å²) >= 11 is 5.76. The molecule has 94 valence electrons. The van der Waals surface area contributed by atoms with Gasteiger partial charge in [-0.25, -0.2) is 8.78 Å². The maximum atomic E-state index is 13.6. The van der Waals surface area contributed by atoms with Gasteiger partial charge < -0.3 is 10.5 Å². The molecule has 0 saturated heterocycles. The molecule has 0 radical (unpaired) electrons. The number of anilines is 1. The summed E-state index contributed by atoms with van der Waals surface area (Å²) in [6.45, 7) is 0. The quantitative estimate of drug-likeness (QED) is 0.840. The zero-order valence-corrected chi connectivity index (χ0v) is 10.3. The van der Waals surface area contributed by atoms with Crippen molar-refractivity contribution in [1.29, 1.82) is 0 Å². The Morgan fingerprint density at radius 2 is 1.72 bits per heavy atom. The summed E-state index contributed by atoms with van der Waals surface area (Å²) in [4.78, 5) is 0. The van der Waals surface area contributed by atoms with Gasteiger partial charge in [0.05, 0.1) is 7.11 Å². The van der Waals surface area contributed by atoms with Crippen molar-refractivity contribution in [1.82, 2.24) is 0 Å². The lowest BCUT2D eigenvalue weighted by Gasteiger charge is -2.09. The van der Waals surface area contributed by atoms with E-state index in [1.54, 1.807) is 0 Å². The van der Waals surface area contributed by atoms with Crippen LogP contribution in [0.3, 0.4) is 0 Å². The molecule has 0 aliphatic carbocycles. The van der Waals surface area contributed by atoms with Crippen molar-refractivity contribution in [2.45, 2.75) is 0 Å². The van der Waals surface area contributed by atoms with Crippen LogP contribution in [-0.4, -0.2) is 7.11 Å². The first-order valence-electron chi connectivity index (χ1n) is 5.10. The lowest BCUT2D eigenvalue weighted by Crippen LogP contribution is -1.97. The van der Waals surface area contributed by atoms with Crippen molar-refractivity contribution in [2.24, 2.45) is 0 Å². The molecule has 0 saturated carbocycles. The molecule has 2 nitrogen and oxygen atoms in total.